The van der Waals surface area contributed by atoms with Crippen molar-refractivity contribution in [2.75, 3.05) is 47.0 Å². The largest absolute Gasteiger partial charge is 0.505 e. The van der Waals surface area contributed by atoms with Crippen LogP contribution in [0.1, 0.15) is 140 Å². The number of benzene rings is 2. The number of hydrogen-bond donors (Lipinski definition) is 2. The van der Waals surface area contributed by atoms with Gasteiger partial charge < -0.3 is 44.0 Å². The summed E-state index contributed by atoms with van der Waals surface area (Å²) >= 11 is 3.32. The maximum absolute atomic E-state index is 13.6. The molecule has 452 valence electrons. The number of aromatic nitrogens is 4. The molecule has 23 heteroatoms. The number of aliphatic hydroxyl groups excluding tert-OH is 1. The molecule has 2 aromatic carbocycles. The van der Waals surface area contributed by atoms with E-state index in [1.54, 1.807) is 61.9 Å². The summed E-state index contributed by atoms with van der Waals surface area (Å²) in [4.78, 5) is 51.2. The van der Waals surface area contributed by atoms with Gasteiger partial charge in [0.15, 0.2) is 11.5 Å². The maximum Gasteiger partial charge on any atom is 0.416 e. The molecule has 2 unspecified atom stereocenters. The Bertz CT molecular complexity index is 2500. The van der Waals surface area contributed by atoms with Crippen molar-refractivity contribution in [2.45, 2.75) is 195 Å². The Kier molecular flexibility index (Phi) is 27.3. The number of aryl methyl sites for hydroxylation is 2. The molecule has 2 aliphatic heterocycles. The first-order chi connectivity index (χ1) is 38.3. The summed E-state index contributed by atoms with van der Waals surface area (Å²) in [5.74, 6) is 2.86. The van der Waals surface area contributed by atoms with Crippen molar-refractivity contribution >= 4 is 47.6 Å². The molecule has 4 aromatic rings. The van der Waals surface area contributed by atoms with Crippen LogP contribution in [0.3, 0.4) is 0 Å². The zero-order valence-corrected chi connectivity index (χ0v) is 50.5. The standard InChI is InChI=1S/C29H41F3N4O3S.C26H35F3N4O3.C3H8OS/c1-7-23-14-25(15-24(8-2)36(23)28(37)39-19(3)4)35(27-33-16-26(17-34-27)38-9-10-40-6)18-21-11-20(5)12-22(13-21)29(30,31)32;1-6-20-11-22(12-21(7-2)33(20)25(35)36-16(3)4)32(24-30-13-23(34)14-31-24)15-18-8-17(5)9-19(10-18)26(27,28)29;1-5-3-2-4/h11-13,16-17,19,23-25H,7-10,14-15,18H2,1-6H3;8-10,13-14,16,20-22,34H,6-7,11-12,15H2,1-5H3;4H,2-3H2,1H3/t23-,24+,25?;20-,21+,22?;. The van der Waals surface area contributed by atoms with E-state index in [0.717, 1.165) is 42.5 Å². The molecule has 2 aliphatic rings. The van der Waals surface area contributed by atoms with Crippen molar-refractivity contribution in [3.63, 3.8) is 0 Å². The van der Waals surface area contributed by atoms with Gasteiger partial charge in [0.25, 0.3) is 0 Å². The predicted octanol–water partition coefficient (Wildman–Crippen LogP) is 13.5. The number of thioether (sulfide) groups is 2. The Hall–Kier alpha value is -5.42. The van der Waals surface area contributed by atoms with E-state index in [9.17, 15) is 41.0 Å². The predicted molar refractivity (Wildman–Crippen MR) is 309 cm³/mol. The van der Waals surface area contributed by atoms with Gasteiger partial charge in [-0.15, -0.1) is 0 Å². The van der Waals surface area contributed by atoms with Crippen molar-refractivity contribution in [3.8, 4) is 11.5 Å². The summed E-state index contributed by atoms with van der Waals surface area (Å²) in [5.41, 5.74) is 0.682. The lowest BCUT2D eigenvalue weighted by molar-refractivity contribution is -0.138. The lowest BCUT2D eigenvalue weighted by atomic mass is 9.87. The number of aromatic hydroxyl groups is 1. The average molecular weight is 1180 g/mol. The number of halogens is 6. The summed E-state index contributed by atoms with van der Waals surface area (Å²) in [6.45, 7) is 19.9. The average Bonchev–Trinajstić information content (AvgIpc) is 3.53. The molecule has 6 atom stereocenters. The van der Waals surface area contributed by atoms with Gasteiger partial charge in [0.2, 0.25) is 11.9 Å². The number of piperidine rings is 2. The third-order valence-corrected chi connectivity index (χ3v) is 15.0. The molecule has 0 aliphatic carbocycles. The minimum atomic E-state index is -4.45. The maximum atomic E-state index is 13.6. The Morgan fingerprint density at radius 2 is 0.975 bits per heavy atom. The van der Waals surface area contributed by atoms with Crippen LogP contribution in [-0.4, -0.2) is 138 Å². The number of rotatable bonds is 20. The number of likely N-dealkylation sites (tertiary alicyclic amines) is 2. The van der Waals surface area contributed by atoms with Crippen molar-refractivity contribution in [3.05, 3.63) is 94.6 Å². The quantitative estimate of drug-likeness (QED) is 0.0633. The fourth-order valence-electron chi connectivity index (χ4n) is 10.3. The number of hydrogen-bond acceptors (Lipinski definition) is 15. The SMILES string of the molecule is CC[C@@H]1CC(N(Cc2cc(C)cc(C(F)(F)F)c2)c2ncc(O)cn2)C[C@H](CC)N1C(=O)OC(C)C.CC[C@@H]1CC(N(Cc2cc(C)cc(C(F)(F)F)c2)c2ncc(OCCSC)cn2)C[C@H](CC)N1C(=O)OC(C)C.CSCCO. The highest BCUT2D eigenvalue weighted by molar-refractivity contribution is 7.98. The molecule has 0 radical (unpaired) electrons. The molecule has 0 bridgehead atoms. The van der Waals surface area contributed by atoms with Gasteiger partial charge in [-0.2, -0.15) is 49.9 Å². The lowest BCUT2D eigenvalue weighted by Gasteiger charge is -2.47. The smallest absolute Gasteiger partial charge is 0.416 e. The Morgan fingerprint density at radius 3 is 1.27 bits per heavy atom. The highest BCUT2D eigenvalue weighted by Gasteiger charge is 2.43. The first kappa shape index (κ1) is 68.1. The second kappa shape index (κ2) is 32.4. The van der Waals surface area contributed by atoms with Crippen LogP contribution in [0.15, 0.2) is 61.2 Å². The van der Waals surface area contributed by atoms with E-state index in [-0.39, 0.29) is 79.5 Å². The molecule has 2 fully saturated rings. The van der Waals surface area contributed by atoms with Gasteiger partial charge in [-0.25, -0.2) is 29.5 Å². The van der Waals surface area contributed by atoms with Crippen LogP contribution in [0.25, 0.3) is 0 Å². The molecule has 15 nitrogen and oxygen atoms in total. The van der Waals surface area contributed by atoms with E-state index >= 15 is 0 Å². The van der Waals surface area contributed by atoms with Gasteiger partial charge in [-0.1, -0.05) is 51.0 Å². The highest BCUT2D eigenvalue weighted by atomic mass is 32.2. The van der Waals surface area contributed by atoms with Crippen LogP contribution in [0.2, 0.25) is 0 Å². The summed E-state index contributed by atoms with van der Waals surface area (Å²) in [6.07, 6.45) is 4.95. The molecule has 2 aromatic heterocycles. The summed E-state index contributed by atoms with van der Waals surface area (Å²) in [7, 11) is 0. The third kappa shape index (κ3) is 20.8. The molecule has 2 N–H and O–H groups in total. The minimum Gasteiger partial charge on any atom is -0.505 e. The van der Waals surface area contributed by atoms with Gasteiger partial charge >= 0.3 is 24.5 Å². The second-order valence-corrected chi connectivity index (χ2v) is 22.8. The molecule has 2 saturated heterocycles. The second-order valence-electron chi connectivity index (χ2n) is 20.9. The molecule has 81 heavy (non-hydrogen) atoms. The van der Waals surface area contributed by atoms with Crippen LogP contribution in [0.4, 0.5) is 47.8 Å². The summed E-state index contributed by atoms with van der Waals surface area (Å²) < 4.78 is 98.2. The first-order valence-corrected chi connectivity index (χ1v) is 30.5. The van der Waals surface area contributed by atoms with Gasteiger partial charge in [-0.3, -0.25) is 0 Å². The number of amides is 2. The number of aliphatic hydroxyl groups is 1. The van der Waals surface area contributed by atoms with Gasteiger partial charge in [0.1, 0.15) is 0 Å². The van der Waals surface area contributed by atoms with Gasteiger partial charge in [0, 0.05) is 60.8 Å². The number of carbonyl (C=O) groups is 2. The van der Waals surface area contributed by atoms with Crippen LogP contribution < -0.4 is 14.5 Å². The van der Waals surface area contributed by atoms with E-state index in [1.165, 1.54) is 18.5 Å². The Balaban J connectivity index is 0.000000323. The zero-order valence-electron chi connectivity index (χ0n) is 48.9. The lowest BCUT2D eigenvalue weighted by Crippen LogP contribution is -2.57. The van der Waals surface area contributed by atoms with Gasteiger partial charge in [0.05, 0.1) is 61.3 Å². The van der Waals surface area contributed by atoms with Crippen LogP contribution >= 0.6 is 23.5 Å². The highest BCUT2D eigenvalue weighted by Crippen LogP contribution is 2.38. The fraction of sp³-hybridized carbons (Fsp3) is 0.621. The third-order valence-electron chi connectivity index (χ3n) is 13.9. The van der Waals surface area contributed by atoms with Crippen LogP contribution in [0.5, 0.6) is 11.5 Å². The topological polar surface area (TPSA) is 167 Å². The number of anilines is 2. The van der Waals surface area contributed by atoms with Crippen molar-refractivity contribution < 1.29 is 60.4 Å². The van der Waals surface area contributed by atoms with Gasteiger partial charge in [-0.05, 0) is 141 Å². The normalized spacial score (nSPS) is 19.3. The van der Waals surface area contributed by atoms with E-state index in [1.807, 2.05) is 87.5 Å². The van der Waals surface area contributed by atoms with Crippen molar-refractivity contribution in [1.82, 2.24) is 29.7 Å². The van der Waals surface area contributed by atoms with E-state index in [4.69, 9.17) is 19.3 Å². The molecule has 6 rings (SSSR count). The first-order valence-electron chi connectivity index (χ1n) is 27.7. The summed E-state index contributed by atoms with van der Waals surface area (Å²) in [6, 6.07) is 7.51. The monoisotopic (exact) mass is 1180 g/mol. The minimum absolute atomic E-state index is 0.0881. The van der Waals surface area contributed by atoms with Crippen LogP contribution in [0, 0.1) is 13.8 Å². The molecular formula is C58H84F6N8O7S2. The van der Waals surface area contributed by atoms with E-state index in [0.29, 0.717) is 91.6 Å². The number of alkyl halides is 6. The number of carbonyl (C=O) groups excluding carboxylic acids is 2. The van der Waals surface area contributed by atoms with Crippen LogP contribution in [-0.2, 0) is 34.9 Å². The Labute approximate surface area is 483 Å². The van der Waals surface area contributed by atoms with Crippen molar-refractivity contribution in [2.24, 2.45) is 0 Å². The molecule has 2 amide bonds. The van der Waals surface area contributed by atoms with E-state index in [2.05, 4.69) is 19.9 Å². The zero-order chi connectivity index (χ0) is 60.2. The summed E-state index contributed by atoms with van der Waals surface area (Å²) in [5, 5.41) is 17.7. The fourth-order valence-corrected chi connectivity index (χ4v) is 10.7. The number of nitrogens with zero attached hydrogens (tertiary/aromatic N) is 8. The number of ether oxygens (including phenoxy) is 3. The molecule has 4 heterocycles. The molecule has 0 spiro atoms. The van der Waals surface area contributed by atoms with Crippen molar-refractivity contribution in [1.29, 1.82) is 0 Å². The van der Waals surface area contributed by atoms with E-state index < -0.39 is 23.5 Å². The molecular weight excluding hydrogens is 1100 g/mol. The molecule has 0 saturated carbocycles. The Morgan fingerprint density at radius 1 is 0.617 bits per heavy atom.